The molecule has 4 heteroatoms. The highest BCUT2D eigenvalue weighted by atomic mass is 31.2. The predicted molar refractivity (Wildman–Crippen MR) is 240 cm³/mol. The summed E-state index contributed by atoms with van der Waals surface area (Å²) >= 11 is 0. The molecule has 0 atom stereocenters. The first-order chi connectivity index (χ1) is 25.1. The van der Waals surface area contributed by atoms with Gasteiger partial charge in [-0.1, -0.05) is 214 Å². The third kappa shape index (κ3) is 9.55. The number of nitrogens with zero attached hydrogens (tertiary/aromatic N) is 1. The van der Waals surface area contributed by atoms with Gasteiger partial charge in [-0.25, -0.2) is 0 Å². The third-order valence-electron chi connectivity index (χ3n) is 10.8. The fourth-order valence-corrected chi connectivity index (χ4v) is 19.6. The zero-order chi connectivity index (χ0) is 37.3. The smallest absolute Gasteiger partial charge is 0.0867 e. The van der Waals surface area contributed by atoms with Crippen LogP contribution in [0, 0.1) is 41.5 Å². The van der Waals surface area contributed by atoms with Crippen LogP contribution in [-0.4, -0.2) is 8.07 Å². The van der Waals surface area contributed by atoms with E-state index in [2.05, 4.69) is 176 Å². The number of rotatable bonds is 17. The van der Waals surface area contributed by atoms with Crippen molar-refractivity contribution < 1.29 is 0 Å². The van der Waals surface area contributed by atoms with E-state index < -0.39 is 24.2 Å². The molecule has 0 N–H and O–H groups in total. The topological polar surface area (TPSA) is 3.24 Å². The van der Waals surface area contributed by atoms with E-state index >= 15 is 0 Å². The van der Waals surface area contributed by atoms with Gasteiger partial charge in [0.2, 0.25) is 0 Å². The van der Waals surface area contributed by atoms with Gasteiger partial charge < -0.3 is 4.44 Å². The lowest BCUT2D eigenvalue weighted by Gasteiger charge is -2.43. The van der Waals surface area contributed by atoms with Gasteiger partial charge in [0, 0.05) is 21.2 Å². The van der Waals surface area contributed by atoms with Crippen molar-refractivity contribution in [3.05, 3.63) is 143 Å². The molecule has 274 valence electrons. The summed E-state index contributed by atoms with van der Waals surface area (Å²) < 4.78 is 2.93. The number of anilines is 1. The zero-order valence-corrected chi connectivity index (χ0v) is 36.4. The summed E-state index contributed by atoms with van der Waals surface area (Å²) in [5, 5.41) is 7.31. The first-order valence-corrected chi connectivity index (χ1v) is 25.1. The van der Waals surface area contributed by atoms with Gasteiger partial charge in [-0.3, -0.25) is 0 Å². The van der Waals surface area contributed by atoms with Gasteiger partial charge in [0.05, 0.1) is 29.9 Å². The van der Waals surface area contributed by atoms with Crippen molar-refractivity contribution in [2.24, 2.45) is 0 Å². The van der Waals surface area contributed by atoms with Crippen molar-refractivity contribution >= 4 is 56.3 Å². The molecule has 52 heavy (non-hydrogen) atoms. The van der Waals surface area contributed by atoms with E-state index in [0.29, 0.717) is 0 Å². The van der Waals surface area contributed by atoms with Crippen molar-refractivity contribution in [3.63, 3.8) is 0 Å². The van der Waals surface area contributed by atoms with E-state index in [9.17, 15) is 0 Å². The summed E-state index contributed by atoms with van der Waals surface area (Å²) in [6, 6.07) is 47.4. The molecule has 0 aromatic heterocycles. The highest BCUT2D eigenvalue weighted by Crippen LogP contribution is 2.58. The Hall–Kier alpha value is -3.02. The molecule has 0 unspecified atom stereocenters. The van der Waals surface area contributed by atoms with Crippen LogP contribution < -0.4 is 30.8 Å². The fraction of sp³-hybridized carbons (Fsp3) is 0.375. The molecule has 0 bridgehead atoms. The molecule has 5 aromatic rings. The van der Waals surface area contributed by atoms with E-state index in [0.717, 1.165) is 0 Å². The second-order valence-electron chi connectivity index (χ2n) is 15.3. The predicted octanol–water partition coefficient (Wildman–Crippen LogP) is 12.5. The van der Waals surface area contributed by atoms with Crippen molar-refractivity contribution in [2.45, 2.75) is 119 Å². The summed E-state index contributed by atoms with van der Waals surface area (Å²) in [6.45, 7) is 20.9. The average Bonchev–Trinajstić information content (AvgIpc) is 3.14. The van der Waals surface area contributed by atoms with Crippen LogP contribution in [-0.2, 0) is 0 Å². The van der Waals surface area contributed by atoms with Crippen LogP contribution in [0.4, 0.5) is 5.69 Å². The summed E-state index contributed by atoms with van der Waals surface area (Å²) in [6.07, 6.45) is 7.90. The van der Waals surface area contributed by atoms with Gasteiger partial charge in [-0.05, 0) is 52.7 Å². The normalized spacial score (nSPS) is 11.8. The lowest BCUT2D eigenvalue weighted by molar-refractivity contribution is 0.800. The Labute approximate surface area is 320 Å². The minimum Gasteiger partial charge on any atom is -0.312 e. The maximum atomic E-state index is 2.93. The van der Waals surface area contributed by atoms with Gasteiger partial charge in [0.1, 0.15) is 0 Å². The monoisotopic (exact) mass is 743 g/mol. The molecule has 0 saturated carbocycles. The Morgan fingerprint density at radius 2 is 0.692 bits per heavy atom. The molecule has 1 nitrogen and oxygen atoms in total. The van der Waals surface area contributed by atoms with E-state index in [4.69, 9.17) is 0 Å². The second-order valence-corrected chi connectivity index (χ2v) is 24.4. The zero-order valence-electron chi connectivity index (χ0n) is 33.6. The molecule has 0 spiro atoms. The summed E-state index contributed by atoms with van der Waals surface area (Å²) in [5.74, 6) is 0. The number of hydrogen-bond donors (Lipinski definition) is 0. The first kappa shape index (κ1) is 40.2. The number of hydrogen-bond acceptors (Lipinski definition) is 1. The number of benzene rings is 5. The molecule has 0 aliphatic heterocycles. The van der Waals surface area contributed by atoms with E-state index in [-0.39, 0.29) is 0 Å². The van der Waals surface area contributed by atoms with Crippen LogP contribution in [0.15, 0.2) is 109 Å². The van der Waals surface area contributed by atoms with Crippen LogP contribution in [0.3, 0.4) is 0 Å². The van der Waals surface area contributed by atoms with Crippen molar-refractivity contribution in [1.29, 1.82) is 0 Å². The van der Waals surface area contributed by atoms with Crippen LogP contribution in [0.2, 0.25) is 18.1 Å². The first-order valence-electron chi connectivity index (χ1n) is 19.9. The third-order valence-corrected chi connectivity index (χ3v) is 21.6. The highest BCUT2D eigenvalue weighted by Gasteiger charge is 2.37. The van der Waals surface area contributed by atoms with Gasteiger partial charge in [0.25, 0.3) is 0 Å². The Bertz CT molecular complexity index is 1610. The minimum atomic E-state index is -1.70. The van der Waals surface area contributed by atoms with Gasteiger partial charge in [-0.2, -0.15) is 0 Å². The van der Waals surface area contributed by atoms with Gasteiger partial charge >= 0.3 is 0 Å². The standard InChI is InChI=1S/C48H63NP2Si/c1-10-13-32-52(33-14-11-2,34-15-12-3)47-35-41(8)48(42(9)36-47)49(50(43-24-16-37(4)17-25-43)44-26-18-38(5)19-27-44)51(45-28-20-39(6)21-29-45)46-30-22-40(7)23-31-46/h16-31,35-36H,10-15,32-34H2,1-9H3. The maximum absolute atomic E-state index is 2.93. The Morgan fingerprint density at radius 1 is 0.423 bits per heavy atom. The van der Waals surface area contributed by atoms with Crippen LogP contribution in [0.1, 0.15) is 92.7 Å². The Kier molecular flexibility index (Phi) is 14.5. The van der Waals surface area contributed by atoms with E-state index in [1.165, 1.54) is 117 Å². The summed E-state index contributed by atoms with van der Waals surface area (Å²) in [7, 11) is -3.58. The molecule has 5 aromatic carbocycles. The van der Waals surface area contributed by atoms with Gasteiger partial charge in [0.15, 0.2) is 0 Å². The molecule has 0 aliphatic rings. The van der Waals surface area contributed by atoms with Crippen molar-refractivity contribution in [3.8, 4) is 0 Å². The molecule has 0 heterocycles. The molecular formula is C48H63NP2Si. The summed E-state index contributed by atoms with van der Waals surface area (Å²) in [5.41, 5.74) is 9.52. The second kappa shape index (κ2) is 18.8. The number of unbranched alkanes of at least 4 members (excludes halogenated alkanes) is 3. The van der Waals surface area contributed by atoms with E-state index in [1.54, 1.807) is 5.19 Å². The number of aryl methyl sites for hydroxylation is 6. The molecule has 0 aliphatic carbocycles. The molecule has 0 radical (unpaired) electrons. The van der Waals surface area contributed by atoms with Crippen LogP contribution in [0.25, 0.3) is 0 Å². The van der Waals surface area contributed by atoms with Crippen LogP contribution >= 0.6 is 16.1 Å². The Balaban J connectivity index is 1.85. The lowest BCUT2D eigenvalue weighted by Crippen LogP contribution is -2.48. The Morgan fingerprint density at radius 3 is 0.942 bits per heavy atom. The van der Waals surface area contributed by atoms with Gasteiger partial charge in [-0.15, -0.1) is 0 Å². The molecule has 5 rings (SSSR count). The average molecular weight is 744 g/mol. The summed E-state index contributed by atoms with van der Waals surface area (Å²) in [4.78, 5) is 0. The molecular weight excluding hydrogens is 681 g/mol. The molecule has 0 fully saturated rings. The maximum Gasteiger partial charge on any atom is 0.0867 e. The van der Waals surface area contributed by atoms with Crippen molar-refractivity contribution in [2.75, 3.05) is 4.44 Å². The largest absolute Gasteiger partial charge is 0.312 e. The minimum absolute atomic E-state index is 0.942. The lowest BCUT2D eigenvalue weighted by atomic mass is 10.1. The molecule has 0 amide bonds. The van der Waals surface area contributed by atoms with Crippen LogP contribution in [0.5, 0.6) is 0 Å². The quantitative estimate of drug-likeness (QED) is 0.0677. The van der Waals surface area contributed by atoms with E-state index in [1.807, 2.05) is 0 Å². The fourth-order valence-electron chi connectivity index (χ4n) is 7.70. The SMILES string of the molecule is CCCC[Si](CCCC)(CCCC)c1cc(C)c(N(P(c2ccc(C)cc2)c2ccc(C)cc2)P(c2ccc(C)cc2)c2ccc(C)cc2)c(C)c1. The molecule has 0 saturated heterocycles. The van der Waals surface area contributed by atoms with Crippen molar-refractivity contribution in [1.82, 2.24) is 0 Å². The highest BCUT2D eigenvalue weighted by molar-refractivity contribution is 7.90.